The van der Waals surface area contributed by atoms with Crippen LogP contribution in [0.3, 0.4) is 0 Å². The summed E-state index contributed by atoms with van der Waals surface area (Å²) >= 11 is 0. The van der Waals surface area contributed by atoms with Gasteiger partial charge in [0.2, 0.25) is 0 Å². The van der Waals surface area contributed by atoms with Crippen LogP contribution in [0.2, 0.25) is 0 Å². The molecule has 2 fully saturated rings. The number of urea groups is 1. The molecule has 98 valence electrons. The fraction of sp³-hybridized carbons (Fsp3) is 0.923. The van der Waals surface area contributed by atoms with E-state index in [4.69, 9.17) is 0 Å². The van der Waals surface area contributed by atoms with Crippen molar-refractivity contribution in [3.8, 4) is 0 Å². The maximum Gasteiger partial charge on any atom is 0.317 e. The minimum atomic E-state index is 0.156. The molecule has 0 spiro atoms. The lowest BCUT2D eigenvalue weighted by Gasteiger charge is -2.31. The molecule has 4 heteroatoms. The molecule has 4 nitrogen and oxygen atoms in total. The van der Waals surface area contributed by atoms with Crippen LogP contribution in [0.15, 0.2) is 0 Å². The van der Waals surface area contributed by atoms with Crippen molar-refractivity contribution in [1.82, 2.24) is 15.5 Å². The fourth-order valence-electron chi connectivity index (χ4n) is 2.64. The average molecular weight is 239 g/mol. The second kappa shape index (κ2) is 6.24. The number of nitrogens with one attached hydrogen (secondary N) is 2. The van der Waals surface area contributed by atoms with Gasteiger partial charge in [0.25, 0.3) is 0 Å². The summed E-state index contributed by atoms with van der Waals surface area (Å²) in [6.45, 7) is 6.25. The molecule has 17 heavy (non-hydrogen) atoms. The number of hydrogen-bond donors (Lipinski definition) is 2. The van der Waals surface area contributed by atoms with Gasteiger partial charge in [0.05, 0.1) is 0 Å². The number of carbonyl (C=O) groups excluding carboxylic acids is 1. The van der Waals surface area contributed by atoms with Gasteiger partial charge in [0.15, 0.2) is 0 Å². The van der Waals surface area contributed by atoms with Crippen LogP contribution in [0, 0.1) is 5.92 Å². The normalized spacial score (nSPS) is 27.6. The van der Waals surface area contributed by atoms with Crippen LogP contribution in [0.1, 0.15) is 39.0 Å². The Morgan fingerprint density at radius 3 is 2.71 bits per heavy atom. The summed E-state index contributed by atoms with van der Waals surface area (Å²) < 4.78 is 0. The van der Waals surface area contributed by atoms with Crippen molar-refractivity contribution in [3.63, 3.8) is 0 Å². The summed E-state index contributed by atoms with van der Waals surface area (Å²) in [5.74, 6) is 0.779. The number of rotatable bonds is 1. The molecule has 0 aliphatic carbocycles. The SMILES string of the molecule is CC1CCN(C(=O)NC2CCCNCC2)CC1. The first kappa shape index (κ1) is 12.7. The van der Waals surface area contributed by atoms with Crippen molar-refractivity contribution in [2.45, 2.75) is 45.1 Å². The molecule has 0 aromatic rings. The van der Waals surface area contributed by atoms with Crippen LogP contribution in [0.5, 0.6) is 0 Å². The summed E-state index contributed by atoms with van der Waals surface area (Å²) in [4.78, 5) is 14.1. The first-order valence-electron chi connectivity index (χ1n) is 7.02. The molecule has 2 amide bonds. The van der Waals surface area contributed by atoms with Gasteiger partial charge in [-0.3, -0.25) is 0 Å². The van der Waals surface area contributed by atoms with E-state index in [-0.39, 0.29) is 6.03 Å². The molecule has 2 heterocycles. The summed E-state index contributed by atoms with van der Waals surface area (Å²) in [5.41, 5.74) is 0. The highest BCUT2D eigenvalue weighted by Gasteiger charge is 2.22. The molecule has 0 aromatic heterocycles. The minimum absolute atomic E-state index is 0.156. The molecule has 2 aliphatic heterocycles. The maximum atomic E-state index is 12.1. The number of piperidine rings is 1. The molecule has 0 radical (unpaired) electrons. The van der Waals surface area contributed by atoms with Gasteiger partial charge in [-0.1, -0.05) is 6.92 Å². The van der Waals surface area contributed by atoms with Crippen molar-refractivity contribution in [1.29, 1.82) is 0 Å². The molecule has 0 bridgehead atoms. The first-order valence-corrected chi connectivity index (χ1v) is 7.02. The van der Waals surface area contributed by atoms with Gasteiger partial charge >= 0.3 is 6.03 Å². The van der Waals surface area contributed by atoms with Gasteiger partial charge < -0.3 is 15.5 Å². The van der Waals surface area contributed by atoms with Crippen molar-refractivity contribution in [2.24, 2.45) is 5.92 Å². The molecule has 2 saturated heterocycles. The Bertz CT molecular complexity index is 241. The second-order valence-electron chi connectivity index (χ2n) is 5.50. The van der Waals surface area contributed by atoms with Crippen LogP contribution in [-0.2, 0) is 0 Å². The predicted octanol–water partition coefficient (Wildman–Crippen LogP) is 1.57. The van der Waals surface area contributed by atoms with E-state index in [1.807, 2.05) is 4.90 Å². The fourth-order valence-corrected chi connectivity index (χ4v) is 2.64. The van der Waals surface area contributed by atoms with E-state index in [2.05, 4.69) is 17.6 Å². The number of carbonyl (C=O) groups is 1. The lowest BCUT2D eigenvalue weighted by molar-refractivity contribution is 0.169. The number of likely N-dealkylation sites (tertiary alicyclic amines) is 1. The van der Waals surface area contributed by atoms with Gasteiger partial charge in [-0.25, -0.2) is 4.79 Å². The van der Waals surface area contributed by atoms with E-state index in [1.54, 1.807) is 0 Å². The average Bonchev–Trinajstić information content (AvgIpc) is 2.58. The lowest BCUT2D eigenvalue weighted by Crippen LogP contribution is -2.47. The zero-order valence-electron chi connectivity index (χ0n) is 10.9. The van der Waals surface area contributed by atoms with Gasteiger partial charge in [0, 0.05) is 19.1 Å². The number of hydrogen-bond acceptors (Lipinski definition) is 2. The van der Waals surface area contributed by atoms with Gasteiger partial charge in [-0.15, -0.1) is 0 Å². The van der Waals surface area contributed by atoms with Crippen LogP contribution in [-0.4, -0.2) is 43.2 Å². The smallest absolute Gasteiger partial charge is 0.317 e. The Morgan fingerprint density at radius 2 is 1.94 bits per heavy atom. The third-order valence-corrected chi connectivity index (χ3v) is 3.97. The molecule has 2 rings (SSSR count). The van der Waals surface area contributed by atoms with Gasteiger partial charge in [-0.2, -0.15) is 0 Å². The summed E-state index contributed by atoms with van der Waals surface area (Å²) in [7, 11) is 0. The highest BCUT2D eigenvalue weighted by atomic mass is 16.2. The van der Waals surface area contributed by atoms with E-state index >= 15 is 0 Å². The van der Waals surface area contributed by atoms with Gasteiger partial charge in [0.1, 0.15) is 0 Å². The second-order valence-corrected chi connectivity index (χ2v) is 5.50. The zero-order chi connectivity index (χ0) is 12.1. The Morgan fingerprint density at radius 1 is 1.18 bits per heavy atom. The predicted molar refractivity (Wildman–Crippen MR) is 69.0 cm³/mol. The molecule has 2 aliphatic rings. The quantitative estimate of drug-likeness (QED) is 0.729. The highest BCUT2D eigenvalue weighted by molar-refractivity contribution is 5.74. The van der Waals surface area contributed by atoms with Gasteiger partial charge in [-0.05, 0) is 51.1 Å². The summed E-state index contributed by atoms with van der Waals surface area (Å²) in [5, 5.41) is 6.56. The molecule has 0 saturated carbocycles. The molecular weight excluding hydrogens is 214 g/mol. The Labute approximate surface area is 104 Å². The Balaban J connectivity index is 1.75. The zero-order valence-corrected chi connectivity index (χ0v) is 10.9. The van der Waals surface area contributed by atoms with Crippen LogP contribution < -0.4 is 10.6 Å². The lowest BCUT2D eigenvalue weighted by atomic mass is 9.99. The minimum Gasteiger partial charge on any atom is -0.335 e. The van der Waals surface area contributed by atoms with Crippen molar-refractivity contribution in [3.05, 3.63) is 0 Å². The Hall–Kier alpha value is -0.770. The van der Waals surface area contributed by atoms with E-state index in [1.165, 1.54) is 6.42 Å². The molecule has 2 N–H and O–H groups in total. The highest BCUT2D eigenvalue weighted by Crippen LogP contribution is 2.16. The largest absolute Gasteiger partial charge is 0.335 e. The third-order valence-electron chi connectivity index (χ3n) is 3.97. The van der Waals surface area contributed by atoms with E-state index in [0.29, 0.717) is 6.04 Å². The van der Waals surface area contributed by atoms with Crippen LogP contribution in [0.4, 0.5) is 4.79 Å². The first-order chi connectivity index (χ1) is 8.25. The molecular formula is C13H25N3O. The van der Waals surface area contributed by atoms with E-state index in [9.17, 15) is 4.79 Å². The van der Waals surface area contributed by atoms with Crippen molar-refractivity contribution in [2.75, 3.05) is 26.2 Å². The topological polar surface area (TPSA) is 44.4 Å². The van der Waals surface area contributed by atoms with Crippen LogP contribution >= 0.6 is 0 Å². The maximum absolute atomic E-state index is 12.1. The summed E-state index contributed by atoms with van der Waals surface area (Å²) in [6.07, 6.45) is 5.65. The molecule has 1 unspecified atom stereocenters. The van der Waals surface area contributed by atoms with Crippen molar-refractivity contribution >= 4 is 6.03 Å². The van der Waals surface area contributed by atoms with E-state index in [0.717, 1.165) is 57.8 Å². The number of amides is 2. The Kier molecular flexibility index (Phi) is 4.66. The van der Waals surface area contributed by atoms with E-state index < -0.39 is 0 Å². The molecule has 1 atom stereocenters. The third kappa shape index (κ3) is 3.87. The standard InChI is InChI=1S/C13H25N3O/c1-11-5-9-16(10-6-11)13(17)15-12-3-2-7-14-8-4-12/h11-12,14H,2-10H2,1H3,(H,15,17). The van der Waals surface area contributed by atoms with Crippen molar-refractivity contribution < 1.29 is 4.79 Å². The summed E-state index contributed by atoms with van der Waals surface area (Å²) in [6, 6.07) is 0.528. The molecule has 0 aromatic carbocycles. The number of nitrogens with zero attached hydrogens (tertiary/aromatic N) is 1. The monoisotopic (exact) mass is 239 g/mol. The van der Waals surface area contributed by atoms with Crippen LogP contribution in [0.25, 0.3) is 0 Å².